The van der Waals surface area contributed by atoms with E-state index >= 15 is 0 Å². The molecule has 1 aromatic rings. The van der Waals surface area contributed by atoms with Crippen molar-refractivity contribution in [3.8, 4) is 0 Å². The molecule has 0 saturated carbocycles. The standard InChI is InChI=1S/C8H8O.C3H8N2O.2CH4/c1-7-2-4-8(6-9)5-3-7;1-2-3(6)5-4;;/h2-6H,1H3;2,4H2,1H3,(H,5,6);2*1H4. The highest BCUT2D eigenvalue weighted by molar-refractivity contribution is 5.74. The molecule has 0 bridgehead atoms. The quantitative estimate of drug-likeness (QED) is 0.361. The van der Waals surface area contributed by atoms with Gasteiger partial charge in [0.15, 0.2) is 0 Å². The number of nitrogens with two attached hydrogens (primary N) is 1. The maximum atomic E-state index is 10.1. The van der Waals surface area contributed by atoms with Crippen molar-refractivity contribution in [2.24, 2.45) is 5.84 Å². The summed E-state index contributed by atoms with van der Waals surface area (Å²) in [5.41, 5.74) is 3.89. The summed E-state index contributed by atoms with van der Waals surface area (Å²) in [6, 6.07) is 7.46. The predicted octanol–water partition coefficient (Wildman–Crippen LogP) is 2.47. The summed E-state index contributed by atoms with van der Waals surface area (Å²) in [7, 11) is 0. The summed E-state index contributed by atoms with van der Waals surface area (Å²) in [6.07, 6.45) is 1.30. The van der Waals surface area contributed by atoms with E-state index in [0.717, 1.165) is 11.8 Å². The van der Waals surface area contributed by atoms with Crippen LogP contribution in [-0.2, 0) is 4.79 Å². The molecule has 1 aromatic carbocycles. The van der Waals surface area contributed by atoms with E-state index in [1.807, 2.05) is 36.6 Å². The van der Waals surface area contributed by atoms with E-state index in [2.05, 4.69) is 5.84 Å². The molecule has 17 heavy (non-hydrogen) atoms. The van der Waals surface area contributed by atoms with Gasteiger partial charge in [0.1, 0.15) is 6.29 Å². The van der Waals surface area contributed by atoms with Crippen LogP contribution in [0.4, 0.5) is 0 Å². The minimum absolute atomic E-state index is 0. The first kappa shape index (κ1) is 20.7. The smallest absolute Gasteiger partial charge is 0.233 e. The molecule has 0 aliphatic carbocycles. The number of nitrogens with one attached hydrogen (secondary N) is 1. The number of hydrogen-bond donors (Lipinski definition) is 2. The predicted molar refractivity (Wildman–Crippen MR) is 72.6 cm³/mol. The zero-order valence-corrected chi connectivity index (χ0v) is 8.99. The zero-order valence-electron chi connectivity index (χ0n) is 8.99. The van der Waals surface area contributed by atoms with Crippen LogP contribution in [-0.4, -0.2) is 12.2 Å². The van der Waals surface area contributed by atoms with Gasteiger partial charge in [0.2, 0.25) is 5.91 Å². The molecule has 1 rings (SSSR count). The van der Waals surface area contributed by atoms with Gasteiger partial charge in [-0.3, -0.25) is 15.0 Å². The molecule has 0 aliphatic heterocycles. The van der Waals surface area contributed by atoms with Crippen molar-refractivity contribution in [3.05, 3.63) is 35.4 Å². The number of hydrogen-bond acceptors (Lipinski definition) is 3. The third kappa shape index (κ3) is 10.6. The molecule has 4 nitrogen and oxygen atoms in total. The van der Waals surface area contributed by atoms with Crippen LogP contribution in [0, 0.1) is 6.92 Å². The van der Waals surface area contributed by atoms with Gasteiger partial charge in [-0.25, -0.2) is 5.84 Å². The minimum atomic E-state index is -0.130. The molecule has 0 heterocycles. The van der Waals surface area contributed by atoms with Crippen molar-refractivity contribution in [1.29, 1.82) is 0 Å². The number of rotatable bonds is 2. The van der Waals surface area contributed by atoms with Crippen LogP contribution in [0.25, 0.3) is 0 Å². The highest BCUT2D eigenvalue weighted by atomic mass is 16.2. The largest absolute Gasteiger partial charge is 0.298 e. The van der Waals surface area contributed by atoms with E-state index in [9.17, 15) is 9.59 Å². The lowest BCUT2D eigenvalue weighted by Gasteiger charge is -1.89. The Hall–Kier alpha value is -1.68. The fourth-order valence-electron chi connectivity index (χ4n) is 0.747. The molecule has 0 aromatic heterocycles. The Morgan fingerprint density at radius 1 is 1.29 bits per heavy atom. The Morgan fingerprint density at radius 3 is 2.00 bits per heavy atom. The molecular weight excluding hydrogens is 216 g/mol. The van der Waals surface area contributed by atoms with E-state index in [-0.39, 0.29) is 20.8 Å². The van der Waals surface area contributed by atoms with E-state index in [1.54, 1.807) is 6.92 Å². The van der Waals surface area contributed by atoms with Crippen LogP contribution in [0.2, 0.25) is 0 Å². The van der Waals surface area contributed by atoms with Crippen LogP contribution in [0.1, 0.15) is 44.1 Å². The maximum absolute atomic E-state index is 10.1. The minimum Gasteiger partial charge on any atom is -0.298 e. The van der Waals surface area contributed by atoms with Gasteiger partial charge in [-0.2, -0.15) is 0 Å². The fourth-order valence-corrected chi connectivity index (χ4v) is 0.747. The van der Waals surface area contributed by atoms with Gasteiger partial charge >= 0.3 is 0 Å². The molecule has 0 fully saturated rings. The molecule has 0 spiro atoms. The summed E-state index contributed by atoms with van der Waals surface area (Å²) in [5.74, 6) is 4.55. The summed E-state index contributed by atoms with van der Waals surface area (Å²) in [6.45, 7) is 3.73. The first-order valence-corrected chi connectivity index (χ1v) is 4.65. The van der Waals surface area contributed by atoms with Gasteiger partial charge in [0, 0.05) is 12.0 Å². The molecule has 0 atom stereocenters. The van der Waals surface area contributed by atoms with Crippen molar-refractivity contribution >= 4 is 12.2 Å². The number of aryl methyl sites for hydroxylation is 1. The van der Waals surface area contributed by atoms with Gasteiger partial charge in [-0.05, 0) is 6.92 Å². The summed E-state index contributed by atoms with van der Waals surface area (Å²) in [4.78, 5) is 20.1. The molecule has 0 aliphatic rings. The first-order valence-electron chi connectivity index (χ1n) is 4.65. The number of hydrazine groups is 1. The highest BCUT2D eigenvalue weighted by Crippen LogP contribution is 1.98. The fraction of sp³-hybridized carbons (Fsp3) is 0.385. The van der Waals surface area contributed by atoms with Crippen molar-refractivity contribution in [2.75, 3.05) is 0 Å². The number of amides is 1. The summed E-state index contributed by atoms with van der Waals surface area (Å²) >= 11 is 0. The van der Waals surface area contributed by atoms with E-state index < -0.39 is 0 Å². The molecule has 98 valence electrons. The molecule has 0 unspecified atom stereocenters. The molecule has 0 radical (unpaired) electrons. The highest BCUT2D eigenvalue weighted by Gasteiger charge is 1.85. The second-order valence-corrected chi connectivity index (χ2v) is 2.95. The number of carbonyl (C=O) groups is 2. The van der Waals surface area contributed by atoms with Crippen molar-refractivity contribution in [1.82, 2.24) is 5.43 Å². The lowest BCUT2D eigenvalue weighted by Crippen LogP contribution is -2.28. The summed E-state index contributed by atoms with van der Waals surface area (Å²) < 4.78 is 0. The first-order chi connectivity index (χ1) is 7.13. The molecule has 1 amide bonds. The van der Waals surface area contributed by atoms with Crippen LogP contribution < -0.4 is 11.3 Å². The maximum Gasteiger partial charge on any atom is 0.233 e. The lowest BCUT2D eigenvalue weighted by atomic mass is 10.2. The molecule has 0 saturated heterocycles. The monoisotopic (exact) mass is 240 g/mol. The van der Waals surface area contributed by atoms with Gasteiger partial charge in [0.05, 0.1) is 0 Å². The van der Waals surface area contributed by atoms with Crippen LogP contribution >= 0.6 is 0 Å². The van der Waals surface area contributed by atoms with Gasteiger partial charge in [-0.15, -0.1) is 0 Å². The van der Waals surface area contributed by atoms with Gasteiger partial charge in [-0.1, -0.05) is 51.6 Å². The van der Waals surface area contributed by atoms with Crippen molar-refractivity contribution < 1.29 is 9.59 Å². The van der Waals surface area contributed by atoms with Crippen molar-refractivity contribution in [3.63, 3.8) is 0 Å². The van der Waals surface area contributed by atoms with Crippen LogP contribution in [0.15, 0.2) is 24.3 Å². The van der Waals surface area contributed by atoms with Gasteiger partial charge in [0.25, 0.3) is 0 Å². The van der Waals surface area contributed by atoms with Gasteiger partial charge < -0.3 is 0 Å². The SMILES string of the molecule is C.C.CCC(=O)NN.Cc1ccc(C=O)cc1. The van der Waals surface area contributed by atoms with E-state index in [0.29, 0.717) is 6.42 Å². The second kappa shape index (κ2) is 12.4. The van der Waals surface area contributed by atoms with Crippen molar-refractivity contribution in [2.45, 2.75) is 35.1 Å². The Bertz CT molecular complexity index is 302. The Labute approximate surface area is 104 Å². The zero-order chi connectivity index (χ0) is 11.7. The summed E-state index contributed by atoms with van der Waals surface area (Å²) in [5, 5.41) is 0. The second-order valence-electron chi connectivity index (χ2n) is 2.95. The number of benzene rings is 1. The molecule has 4 heteroatoms. The van der Waals surface area contributed by atoms with E-state index in [1.165, 1.54) is 5.56 Å². The van der Waals surface area contributed by atoms with Crippen LogP contribution in [0.3, 0.4) is 0 Å². The topological polar surface area (TPSA) is 72.2 Å². The molecular formula is C13H24N2O2. The van der Waals surface area contributed by atoms with Crippen LogP contribution in [0.5, 0.6) is 0 Å². The Balaban J connectivity index is -0.000000221. The third-order valence-corrected chi connectivity index (χ3v) is 1.70. The number of carbonyl (C=O) groups excluding carboxylic acids is 2. The average molecular weight is 240 g/mol. The Morgan fingerprint density at radius 2 is 1.76 bits per heavy atom. The van der Waals surface area contributed by atoms with E-state index in [4.69, 9.17) is 0 Å². The third-order valence-electron chi connectivity index (χ3n) is 1.70. The Kier molecular flexibility index (Phi) is 15.1. The average Bonchev–Trinajstić information content (AvgIpc) is 2.30. The lowest BCUT2D eigenvalue weighted by molar-refractivity contribution is -0.120. The molecule has 3 N–H and O–H groups in total. The normalized spacial score (nSPS) is 7.47. The number of aldehydes is 1.